The predicted molar refractivity (Wildman–Crippen MR) is 72.5 cm³/mol. The van der Waals surface area contributed by atoms with Crippen molar-refractivity contribution in [1.82, 2.24) is 0 Å². The molecule has 0 spiro atoms. The zero-order valence-electron chi connectivity index (χ0n) is 12.1. The van der Waals surface area contributed by atoms with Crippen LogP contribution in [0.25, 0.3) is 0 Å². The lowest BCUT2D eigenvalue weighted by atomic mass is 9.95. The SMILES string of the molecule is COC(=O)C(C)(C)COc1cc(C)ccc1C(C)=O. The van der Waals surface area contributed by atoms with E-state index < -0.39 is 5.41 Å². The molecule has 1 rings (SSSR count). The number of ketones is 1. The third kappa shape index (κ3) is 3.81. The van der Waals surface area contributed by atoms with Crippen LogP contribution < -0.4 is 4.74 Å². The molecule has 104 valence electrons. The van der Waals surface area contributed by atoms with Crippen LogP contribution in [0.1, 0.15) is 36.7 Å². The predicted octanol–water partition coefficient (Wildman–Crippen LogP) is 2.78. The van der Waals surface area contributed by atoms with Gasteiger partial charge in [0.1, 0.15) is 12.4 Å². The number of esters is 1. The number of carbonyl (C=O) groups excluding carboxylic acids is 2. The standard InChI is InChI=1S/C15H20O4/c1-10-6-7-12(11(2)16)13(8-10)19-9-15(3,4)14(17)18-5/h6-8H,9H2,1-5H3. The van der Waals surface area contributed by atoms with Crippen LogP contribution in [0.2, 0.25) is 0 Å². The first kappa shape index (κ1) is 15.2. The second-order valence-electron chi connectivity index (χ2n) is 5.22. The third-order valence-corrected chi connectivity index (χ3v) is 2.84. The number of hydrogen-bond donors (Lipinski definition) is 0. The summed E-state index contributed by atoms with van der Waals surface area (Å²) in [6, 6.07) is 5.39. The Bertz CT molecular complexity index is 489. The molecule has 0 saturated carbocycles. The van der Waals surface area contributed by atoms with E-state index >= 15 is 0 Å². The summed E-state index contributed by atoms with van der Waals surface area (Å²) < 4.78 is 10.4. The second-order valence-corrected chi connectivity index (χ2v) is 5.22. The Balaban J connectivity index is 2.91. The molecule has 0 aliphatic carbocycles. The Morgan fingerprint density at radius 2 is 1.89 bits per heavy atom. The van der Waals surface area contributed by atoms with E-state index in [1.807, 2.05) is 13.0 Å². The van der Waals surface area contributed by atoms with E-state index in [1.165, 1.54) is 14.0 Å². The van der Waals surface area contributed by atoms with Crippen molar-refractivity contribution in [3.63, 3.8) is 0 Å². The van der Waals surface area contributed by atoms with E-state index in [9.17, 15) is 9.59 Å². The molecule has 0 heterocycles. The molecule has 0 saturated heterocycles. The quantitative estimate of drug-likeness (QED) is 0.606. The van der Waals surface area contributed by atoms with E-state index in [0.717, 1.165) is 5.56 Å². The van der Waals surface area contributed by atoms with Crippen LogP contribution in [-0.4, -0.2) is 25.5 Å². The van der Waals surface area contributed by atoms with Crippen LogP contribution in [0.3, 0.4) is 0 Å². The van der Waals surface area contributed by atoms with Crippen LogP contribution in [0.5, 0.6) is 5.75 Å². The molecule has 0 unspecified atom stereocenters. The molecule has 0 bridgehead atoms. The summed E-state index contributed by atoms with van der Waals surface area (Å²) in [5.41, 5.74) is 0.758. The number of methoxy groups -OCH3 is 1. The van der Waals surface area contributed by atoms with E-state index in [4.69, 9.17) is 9.47 Å². The van der Waals surface area contributed by atoms with Crippen LogP contribution >= 0.6 is 0 Å². The van der Waals surface area contributed by atoms with Gasteiger partial charge in [0.05, 0.1) is 18.1 Å². The lowest BCUT2D eigenvalue weighted by molar-refractivity contribution is -0.152. The van der Waals surface area contributed by atoms with Gasteiger partial charge >= 0.3 is 5.97 Å². The Labute approximate surface area is 113 Å². The Kier molecular flexibility index (Phi) is 4.70. The maximum absolute atomic E-state index is 11.6. The number of hydrogen-bond acceptors (Lipinski definition) is 4. The molecular weight excluding hydrogens is 244 g/mol. The van der Waals surface area contributed by atoms with Gasteiger partial charge in [-0.15, -0.1) is 0 Å². The van der Waals surface area contributed by atoms with Gasteiger partial charge in [-0.25, -0.2) is 0 Å². The van der Waals surface area contributed by atoms with Gasteiger partial charge in [0.15, 0.2) is 5.78 Å². The molecule has 0 amide bonds. The maximum atomic E-state index is 11.6. The molecule has 0 radical (unpaired) electrons. The van der Waals surface area contributed by atoms with Gasteiger partial charge in [0, 0.05) is 0 Å². The molecule has 0 aliphatic heterocycles. The van der Waals surface area contributed by atoms with Crippen molar-refractivity contribution in [2.24, 2.45) is 5.41 Å². The highest BCUT2D eigenvalue weighted by atomic mass is 16.5. The Morgan fingerprint density at radius 3 is 2.42 bits per heavy atom. The van der Waals surface area contributed by atoms with Crippen molar-refractivity contribution in [2.45, 2.75) is 27.7 Å². The van der Waals surface area contributed by atoms with Crippen molar-refractivity contribution in [2.75, 3.05) is 13.7 Å². The first-order chi connectivity index (χ1) is 8.77. The van der Waals surface area contributed by atoms with Gasteiger partial charge in [-0.2, -0.15) is 0 Å². The van der Waals surface area contributed by atoms with Crippen LogP contribution in [0.15, 0.2) is 18.2 Å². The van der Waals surface area contributed by atoms with Crippen molar-refractivity contribution >= 4 is 11.8 Å². The zero-order chi connectivity index (χ0) is 14.6. The number of benzene rings is 1. The minimum atomic E-state index is -0.757. The average molecular weight is 264 g/mol. The van der Waals surface area contributed by atoms with Gasteiger partial charge in [-0.3, -0.25) is 9.59 Å². The molecule has 0 aromatic heterocycles. The Hall–Kier alpha value is -1.84. The molecule has 0 atom stereocenters. The van der Waals surface area contributed by atoms with Gasteiger partial charge < -0.3 is 9.47 Å². The van der Waals surface area contributed by atoms with Crippen LogP contribution in [0, 0.1) is 12.3 Å². The van der Waals surface area contributed by atoms with E-state index in [1.54, 1.807) is 26.0 Å². The lowest BCUT2D eigenvalue weighted by Crippen LogP contribution is -2.32. The summed E-state index contributed by atoms with van der Waals surface area (Å²) in [5, 5.41) is 0. The van der Waals surface area contributed by atoms with E-state index in [2.05, 4.69) is 0 Å². The topological polar surface area (TPSA) is 52.6 Å². The highest BCUT2D eigenvalue weighted by Crippen LogP contribution is 2.24. The second kappa shape index (κ2) is 5.87. The highest BCUT2D eigenvalue weighted by molar-refractivity contribution is 5.96. The number of carbonyl (C=O) groups is 2. The minimum absolute atomic E-state index is 0.0640. The van der Waals surface area contributed by atoms with Gasteiger partial charge in [0.2, 0.25) is 0 Å². The summed E-state index contributed by atoms with van der Waals surface area (Å²) in [5.74, 6) is 0.0971. The fourth-order valence-electron chi connectivity index (χ4n) is 1.63. The van der Waals surface area contributed by atoms with Crippen molar-refractivity contribution < 1.29 is 19.1 Å². The van der Waals surface area contributed by atoms with E-state index in [-0.39, 0.29) is 18.4 Å². The van der Waals surface area contributed by atoms with Crippen molar-refractivity contribution in [3.8, 4) is 5.75 Å². The van der Waals surface area contributed by atoms with Crippen LogP contribution in [0.4, 0.5) is 0 Å². The molecule has 19 heavy (non-hydrogen) atoms. The number of Topliss-reactive ketones (excluding diaryl/α,β-unsaturated/α-hetero) is 1. The number of ether oxygens (including phenoxy) is 2. The van der Waals surface area contributed by atoms with E-state index in [0.29, 0.717) is 11.3 Å². The summed E-state index contributed by atoms with van der Waals surface area (Å²) in [6.07, 6.45) is 0. The smallest absolute Gasteiger partial charge is 0.314 e. The normalized spacial score (nSPS) is 11.0. The fourth-order valence-corrected chi connectivity index (χ4v) is 1.63. The molecule has 4 nitrogen and oxygen atoms in total. The first-order valence-electron chi connectivity index (χ1n) is 6.11. The largest absolute Gasteiger partial charge is 0.492 e. The van der Waals surface area contributed by atoms with Crippen molar-refractivity contribution in [3.05, 3.63) is 29.3 Å². The summed E-state index contributed by atoms with van der Waals surface area (Å²) >= 11 is 0. The number of aryl methyl sites for hydroxylation is 1. The van der Waals surface area contributed by atoms with Gasteiger partial charge in [0.25, 0.3) is 0 Å². The lowest BCUT2D eigenvalue weighted by Gasteiger charge is -2.22. The molecule has 1 aromatic rings. The fraction of sp³-hybridized carbons (Fsp3) is 0.467. The Morgan fingerprint density at radius 1 is 1.26 bits per heavy atom. The number of rotatable bonds is 5. The van der Waals surface area contributed by atoms with Gasteiger partial charge in [-0.05, 0) is 45.4 Å². The average Bonchev–Trinajstić information content (AvgIpc) is 2.35. The molecule has 1 aromatic carbocycles. The highest BCUT2D eigenvalue weighted by Gasteiger charge is 2.30. The molecule has 0 aliphatic rings. The summed E-state index contributed by atoms with van der Waals surface area (Å²) in [4.78, 5) is 23.1. The van der Waals surface area contributed by atoms with Gasteiger partial charge in [-0.1, -0.05) is 6.07 Å². The first-order valence-corrected chi connectivity index (χ1v) is 6.11. The summed E-state index contributed by atoms with van der Waals surface area (Å²) in [6.45, 7) is 7.04. The minimum Gasteiger partial charge on any atom is -0.492 e. The monoisotopic (exact) mass is 264 g/mol. The third-order valence-electron chi connectivity index (χ3n) is 2.84. The van der Waals surface area contributed by atoms with Crippen LogP contribution in [-0.2, 0) is 9.53 Å². The van der Waals surface area contributed by atoms with Crippen molar-refractivity contribution in [1.29, 1.82) is 0 Å². The molecule has 4 heteroatoms. The molecule has 0 fully saturated rings. The zero-order valence-corrected chi connectivity index (χ0v) is 12.1. The maximum Gasteiger partial charge on any atom is 0.314 e. The summed E-state index contributed by atoms with van der Waals surface area (Å²) in [7, 11) is 1.34. The molecular formula is C15H20O4. The molecule has 0 N–H and O–H groups in total.